The summed E-state index contributed by atoms with van der Waals surface area (Å²) in [6.07, 6.45) is 0. The molecule has 0 saturated carbocycles. The van der Waals surface area contributed by atoms with Crippen molar-refractivity contribution in [2.24, 2.45) is 0 Å². The fraction of sp³-hybridized carbons (Fsp3) is 0.214. The Labute approximate surface area is 101 Å². The lowest BCUT2D eigenvalue weighted by molar-refractivity contribution is 0.627. The Bertz CT molecular complexity index is 506. The topological polar surface area (TPSA) is 24.9 Å². The lowest BCUT2D eigenvalue weighted by atomic mass is 10.2. The Morgan fingerprint density at radius 2 is 1.76 bits per heavy atom. The number of rotatable bonds is 3. The van der Waals surface area contributed by atoms with Gasteiger partial charge in [-0.1, -0.05) is 12.1 Å². The lowest BCUT2D eigenvalue weighted by Crippen LogP contribution is -2.02. The van der Waals surface area contributed by atoms with E-state index in [0.717, 1.165) is 22.6 Å². The van der Waals surface area contributed by atoms with E-state index in [4.69, 9.17) is 0 Å². The molecule has 0 radical (unpaired) electrons. The molecule has 0 spiro atoms. The van der Waals surface area contributed by atoms with Crippen LogP contribution in [0, 0.1) is 19.7 Å². The van der Waals surface area contributed by atoms with Gasteiger partial charge in [-0.3, -0.25) is 4.98 Å². The van der Waals surface area contributed by atoms with Crippen LogP contribution < -0.4 is 5.32 Å². The smallest absolute Gasteiger partial charge is 0.123 e. The predicted molar refractivity (Wildman–Crippen MR) is 67.4 cm³/mol. The summed E-state index contributed by atoms with van der Waals surface area (Å²) in [7, 11) is 0. The molecule has 2 aromatic rings. The van der Waals surface area contributed by atoms with Crippen LogP contribution in [0.5, 0.6) is 0 Å². The van der Waals surface area contributed by atoms with E-state index in [1.165, 1.54) is 12.1 Å². The molecule has 0 aliphatic rings. The van der Waals surface area contributed by atoms with Gasteiger partial charge >= 0.3 is 0 Å². The number of aryl methyl sites for hydroxylation is 2. The fourth-order valence-electron chi connectivity index (χ4n) is 1.67. The summed E-state index contributed by atoms with van der Waals surface area (Å²) >= 11 is 0. The van der Waals surface area contributed by atoms with Crippen LogP contribution in [-0.4, -0.2) is 4.98 Å². The molecule has 88 valence electrons. The van der Waals surface area contributed by atoms with Crippen LogP contribution in [0.4, 0.5) is 10.1 Å². The molecule has 1 aromatic carbocycles. The molecule has 2 nitrogen and oxygen atoms in total. The van der Waals surface area contributed by atoms with E-state index >= 15 is 0 Å². The molecule has 17 heavy (non-hydrogen) atoms. The van der Waals surface area contributed by atoms with Crippen LogP contribution >= 0.6 is 0 Å². The van der Waals surface area contributed by atoms with Crippen molar-refractivity contribution in [1.82, 2.24) is 4.98 Å². The maximum atomic E-state index is 12.7. The minimum atomic E-state index is -0.207. The van der Waals surface area contributed by atoms with Gasteiger partial charge in [-0.15, -0.1) is 0 Å². The quantitative estimate of drug-likeness (QED) is 0.873. The average Bonchev–Trinajstić information content (AvgIpc) is 2.30. The largest absolute Gasteiger partial charge is 0.380 e. The number of anilines is 1. The number of benzene rings is 1. The number of pyridine rings is 1. The summed E-state index contributed by atoms with van der Waals surface area (Å²) in [6.45, 7) is 4.61. The Morgan fingerprint density at radius 1 is 1.06 bits per heavy atom. The van der Waals surface area contributed by atoms with Crippen LogP contribution in [0.15, 0.2) is 36.4 Å². The summed E-state index contributed by atoms with van der Waals surface area (Å²) in [5.41, 5.74) is 4.05. The Kier molecular flexibility index (Phi) is 3.38. The second-order valence-electron chi connectivity index (χ2n) is 4.07. The second kappa shape index (κ2) is 4.95. The van der Waals surface area contributed by atoms with Crippen LogP contribution in [0.1, 0.15) is 17.0 Å². The molecule has 0 bridgehead atoms. The minimum Gasteiger partial charge on any atom is -0.380 e. The van der Waals surface area contributed by atoms with Crippen molar-refractivity contribution in [3.05, 3.63) is 59.2 Å². The number of aromatic nitrogens is 1. The molecule has 0 atom stereocenters. The molecule has 0 saturated heterocycles. The first kappa shape index (κ1) is 11.6. The first-order valence-electron chi connectivity index (χ1n) is 5.58. The van der Waals surface area contributed by atoms with Gasteiger partial charge in [0.05, 0.1) is 11.4 Å². The third-order valence-electron chi connectivity index (χ3n) is 2.62. The Hall–Kier alpha value is -1.90. The summed E-state index contributed by atoms with van der Waals surface area (Å²) < 4.78 is 12.7. The fourth-order valence-corrected chi connectivity index (χ4v) is 1.67. The van der Waals surface area contributed by atoms with Gasteiger partial charge in [0.25, 0.3) is 0 Å². The highest BCUT2D eigenvalue weighted by Crippen LogP contribution is 2.14. The van der Waals surface area contributed by atoms with Crippen molar-refractivity contribution in [2.45, 2.75) is 20.4 Å². The standard InChI is InChI=1S/C14H15FN2/c1-10-3-8-14(11(2)17-10)16-9-12-4-6-13(15)7-5-12/h3-8,16H,9H2,1-2H3. The van der Waals surface area contributed by atoms with Gasteiger partial charge in [-0.2, -0.15) is 0 Å². The van der Waals surface area contributed by atoms with Crippen LogP contribution in [0.2, 0.25) is 0 Å². The van der Waals surface area contributed by atoms with Gasteiger partial charge in [0.2, 0.25) is 0 Å². The van der Waals surface area contributed by atoms with E-state index in [-0.39, 0.29) is 5.82 Å². The van der Waals surface area contributed by atoms with E-state index in [2.05, 4.69) is 10.3 Å². The maximum Gasteiger partial charge on any atom is 0.123 e. The maximum absolute atomic E-state index is 12.7. The van der Waals surface area contributed by atoms with Crippen molar-refractivity contribution in [3.63, 3.8) is 0 Å². The van der Waals surface area contributed by atoms with Gasteiger partial charge in [-0.05, 0) is 43.7 Å². The van der Waals surface area contributed by atoms with Crippen molar-refractivity contribution in [3.8, 4) is 0 Å². The molecule has 1 aromatic heterocycles. The lowest BCUT2D eigenvalue weighted by Gasteiger charge is -2.09. The highest BCUT2D eigenvalue weighted by molar-refractivity contribution is 5.48. The Balaban J connectivity index is 2.04. The normalized spacial score (nSPS) is 10.3. The predicted octanol–water partition coefficient (Wildman–Crippen LogP) is 3.45. The van der Waals surface area contributed by atoms with E-state index in [1.807, 2.05) is 26.0 Å². The summed E-state index contributed by atoms with van der Waals surface area (Å²) in [5.74, 6) is -0.207. The molecule has 0 aliphatic carbocycles. The van der Waals surface area contributed by atoms with E-state index in [9.17, 15) is 4.39 Å². The zero-order valence-electron chi connectivity index (χ0n) is 10.00. The molecule has 0 aliphatic heterocycles. The highest BCUT2D eigenvalue weighted by atomic mass is 19.1. The molecule has 0 amide bonds. The average molecular weight is 230 g/mol. The van der Waals surface area contributed by atoms with Crippen LogP contribution in [0.25, 0.3) is 0 Å². The number of hydrogen-bond donors (Lipinski definition) is 1. The number of nitrogens with one attached hydrogen (secondary N) is 1. The van der Waals surface area contributed by atoms with Gasteiger partial charge in [-0.25, -0.2) is 4.39 Å². The number of halogens is 1. The van der Waals surface area contributed by atoms with Gasteiger partial charge < -0.3 is 5.32 Å². The van der Waals surface area contributed by atoms with Gasteiger partial charge in [0, 0.05) is 12.2 Å². The van der Waals surface area contributed by atoms with Crippen molar-refractivity contribution in [1.29, 1.82) is 0 Å². The minimum absolute atomic E-state index is 0.207. The first-order valence-corrected chi connectivity index (χ1v) is 5.58. The third kappa shape index (κ3) is 3.03. The van der Waals surface area contributed by atoms with Gasteiger partial charge in [0.1, 0.15) is 5.82 Å². The molecule has 0 fully saturated rings. The molecular weight excluding hydrogens is 215 g/mol. The zero-order valence-corrected chi connectivity index (χ0v) is 10.00. The van der Waals surface area contributed by atoms with E-state index < -0.39 is 0 Å². The monoisotopic (exact) mass is 230 g/mol. The molecule has 1 heterocycles. The highest BCUT2D eigenvalue weighted by Gasteiger charge is 1.99. The molecule has 1 N–H and O–H groups in total. The summed E-state index contributed by atoms with van der Waals surface area (Å²) in [6, 6.07) is 10.5. The summed E-state index contributed by atoms with van der Waals surface area (Å²) in [5, 5.41) is 3.29. The number of hydrogen-bond acceptors (Lipinski definition) is 2. The SMILES string of the molecule is Cc1ccc(NCc2ccc(F)cc2)c(C)n1. The molecule has 0 unspecified atom stereocenters. The third-order valence-corrected chi connectivity index (χ3v) is 2.62. The van der Waals surface area contributed by atoms with E-state index in [0.29, 0.717) is 6.54 Å². The Morgan fingerprint density at radius 3 is 2.41 bits per heavy atom. The van der Waals surface area contributed by atoms with Gasteiger partial charge in [0.15, 0.2) is 0 Å². The first-order chi connectivity index (χ1) is 8.15. The van der Waals surface area contributed by atoms with E-state index in [1.54, 1.807) is 12.1 Å². The zero-order chi connectivity index (χ0) is 12.3. The molecule has 3 heteroatoms. The van der Waals surface area contributed by atoms with Crippen molar-refractivity contribution < 1.29 is 4.39 Å². The van der Waals surface area contributed by atoms with Crippen LogP contribution in [-0.2, 0) is 6.54 Å². The number of nitrogens with zero attached hydrogens (tertiary/aromatic N) is 1. The van der Waals surface area contributed by atoms with Crippen molar-refractivity contribution >= 4 is 5.69 Å². The summed E-state index contributed by atoms with van der Waals surface area (Å²) in [4.78, 5) is 4.38. The second-order valence-corrected chi connectivity index (χ2v) is 4.07. The molecule has 2 rings (SSSR count). The van der Waals surface area contributed by atoms with Crippen molar-refractivity contribution in [2.75, 3.05) is 5.32 Å². The van der Waals surface area contributed by atoms with Crippen LogP contribution in [0.3, 0.4) is 0 Å². The molecular formula is C14H15FN2.